The standard InChI is InChI=1S/C20H22ClNO5/c1-13-3-8-17(21)18(11-13)27-14(2)20(25)22-10-9-15-4-6-16(7-5-15)26-12-19(23)24/h3-8,11,14H,9-10,12H2,1-2H3,(H,22,25)(H,23,24). The van der Waals surface area contributed by atoms with E-state index in [2.05, 4.69) is 5.32 Å². The first kappa shape index (κ1) is 20.6. The van der Waals surface area contributed by atoms with Crippen molar-refractivity contribution in [3.8, 4) is 11.5 Å². The Labute approximate surface area is 163 Å². The molecule has 2 aromatic rings. The van der Waals surface area contributed by atoms with Crippen molar-refractivity contribution < 1.29 is 24.2 Å². The number of hydrogen-bond donors (Lipinski definition) is 2. The molecule has 1 atom stereocenters. The van der Waals surface area contributed by atoms with Crippen LogP contribution < -0.4 is 14.8 Å². The smallest absolute Gasteiger partial charge is 0.341 e. The molecule has 0 aromatic heterocycles. The van der Waals surface area contributed by atoms with Gasteiger partial charge in [0.15, 0.2) is 12.7 Å². The van der Waals surface area contributed by atoms with Gasteiger partial charge >= 0.3 is 5.97 Å². The monoisotopic (exact) mass is 391 g/mol. The molecule has 1 amide bonds. The molecule has 0 heterocycles. The lowest BCUT2D eigenvalue weighted by molar-refractivity contribution is -0.139. The van der Waals surface area contributed by atoms with Crippen LogP contribution in [0.5, 0.6) is 11.5 Å². The van der Waals surface area contributed by atoms with E-state index in [1.54, 1.807) is 31.2 Å². The van der Waals surface area contributed by atoms with E-state index in [9.17, 15) is 9.59 Å². The third-order valence-corrected chi connectivity index (χ3v) is 4.07. The molecule has 2 rings (SSSR count). The molecule has 0 saturated carbocycles. The van der Waals surface area contributed by atoms with Crippen molar-refractivity contribution >= 4 is 23.5 Å². The average molecular weight is 392 g/mol. The van der Waals surface area contributed by atoms with Gasteiger partial charge in [-0.2, -0.15) is 0 Å². The van der Waals surface area contributed by atoms with E-state index >= 15 is 0 Å². The number of ether oxygens (including phenoxy) is 2. The topological polar surface area (TPSA) is 84.9 Å². The fourth-order valence-electron chi connectivity index (χ4n) is 2.32. The van der Waals surface area contributed by atoms with Crippen molar-refractivity contribution in [2.45, 2.75) is 26.4 Å². The highest BCUT2D eigenvalue weighted by atomic mass is 35.5. The van der Waals surface area contributed by atoms with Crippen molar-refractivity contribution in [1.82, 2.24) is 5.32 Å². The lowest BCUT2D eigenvalue weighted by Crippen LogP contribution is -2.37. The summed E-state index contributed by atoms with van der Waals surface area (Å²) in [6, 6.07) is 12.5. The predicted octanol–water partition coefficient (Wildman–Crippen LogP) is 3.24. The van der Waals surface area contributed by atoms with E-state index in [4.69, 9.17) is 26.2 Å². The molecule has 27 heavy (non-hydrogen) atoms. The molecular weight excluding hydrogens is 370 g/mol. The molecule has 2 N–H and O–H groups in total. The van der Waals surface area contributed by atoms with E-state index < -0.39 is 12.1 Å². The van der Waals surface area contributed by atoms with Gasteiger partial charge in [0.05, 0.1) is 5.02 Å². The average Bonchev–Trinajstić information content (AvgIpc) is 2.63. The second kappa shape index (κ2) is 9.83. The minimum absolute atomic E-state index is 0.228. The van der Waals surface area contributed by atoms with Gasteiger partial charge in [-0.15, -0.1) is 0 Å². The first-order chi connectivity index (χ1) is 12.8. The number of carbonyl (C=O) groups excluding carboxylic acids is 1. The summed E-state index contributed by atoms with van der Waals surface area (Å²) >= 11 is 6.08. The number of hydrogen-bond acceptors (Lipinski definition) is 4. The minimum atomic E-state index is -1.02. The second-order valence-electron chi connectivity index (χ2n) is 6.06. The Morgan fingerprint density at radius 3 is 2.56 bits per heavy atom. The van der Waals surface area contributed by atoms with Gasteiger partial charge < -0.3 is 19.9 Å². The molecule has 0 saturated heterocycles. The van der Waals surface area contributed by atoms with Crippen molar-refractivity contribution in [1.29, 1.82) is 0 Å². The van der Waals surface area contributed by atoms with Gasteiger partial charge in [-0.05, 0) is 55.7 Å². The number of carbonyl (C=O) groups is 2. The maximum absolute atomic E-state index is 12.2. The summed E-state index contributed by atoms with van der Waals surface area (Å²) in [5.41, 5.74) is 1.99. The van der Waals surface area contributed by atoms with E-state index in [1.807, 2.05) is 25.1 Å². The van der Waals surface area contributed by atoms with Crippen molar-refractivity contribution in [3.63, 3.8) is 0 Å². The summed E-state index contributed by atoms with van der Waals surface area (Å²) in [6.45, 7) is 3.66. The highest BCUT2D eigenvalue weighted by molar-refractivity contribution is 6.32. The van der Waals surface area contributed by atoms with Gasteiger partial charge in [-0.25, -0.2) is 4.79 Å². The molecule has 2 aromatic carbocycles. The molecule has 0 bridgehead atoms. The van der Waals surface area contributed by atoms with Crippen molar-refractivity contribution in [2.24, 2.45) is 0 Å². The third kappa shape index (κ3) is 6.83. The van der Waals surface area contributed by atoms with Gasteiger partial charge in [0, 0.05) is 6.54 Å². The lowest BCUT2D eigenvalue weighted by atomic mass is 10.1. The van der Waals surface area contributed by atoms with Crippen LogP contribution in [0.3, 0.4) is 0 Å². The summed E-state index contributed by atoms with van der Waals surface area (Å²) in [5, 5.41) is 11.9. The largest absolute Gasteiger partial charge is 0.482 e. The molecule has 144 valence electrons. The highest BCUT2D eigenvalue weighted by Gasteiger charge is 2.15. The first-order valence-corrected chi connectivity index (χ1v) is 8.87. The molecular formula is C20H22ClNO5. The Hall–Kier alpha value is -2.73. The number of carboxylic acids is 1. The summed E-state index contributed by atoms with van der Waals surface area (Å²) in [6.07, 6.45) is -0.0424. The fourth-order valence-corrected chi connectivity index (χ4v) is 2.48. The van der Waals surface area contributed by atoms with Crippen molar-refractivity contribution in [3.05, 3.63) is 58.6 Å². The first-order valence-electron chi connectivity index (χ1n) is 8.49. The molecule has 0 aliphatic heterocycles. The molecule has 7 heteroatoms. The minimum Gasteiger partial charge on any atom is -0.482 e. The number of rotatable bonds is 9. The number of halogens is 1. The van der Waals surface area contributed by atoms with E-state index in [0.29, 0.717) is 29.5 Å². The van der Waals surface area contributed by atoms with Gasteiger partial charge in [-0.1, -0.05) is 29.8 Å². The van der Waals surface area contributed by atoms with Crippen LogP contribution in [0.4, 0.5) is 0 Å². The number of benzene rings is 2. The number of aryl methyl sites for hydroxylation is 1. The number of aliphatic carboxylic acids is 1. The number of carboxylic acid groups (broad SMARTS) is 1. The van der Waals surface area contributed by atoms with Crippen LogP contribution in [0.15, 0.2) is 42.5 Å². The Morgan fingerprint density at radius 2 is 1.89 bits per heavy atom. The normalized spacial score (nSPS) is 11.5. The van der Waals surface area contributed by atoms with Crippen LogP contribution in [-0.2, 0) is 16.0 Å². The third-order valence-electron chi connectivity index (χ3n) is 3.76. The zero-order valence-electron chi connectivity index (χ0n) is 15.2. The quantitative estimate of drug-likeness (QED) is 0.685. The molecule has 1 unspecified atom stereocenters. The van der Waals surface area contributed by atoms with Crippen LogP contribution in [0.25, 0.3) is 0 Å². The summed E-state index contributed by atoms with van der Waals surface area (Å²) in [5.74, 6) is -0.280. The summed E-state index contributed by atoms with van der Waals surface area (Å²) in [7, 11) is 0. The molecule has 0 aliphatic carbocycles. The second-order valence-corrected chi connectivity index (χ2v) is 6.47. The highest BCUT2D eigenvalue weighted by Crippen LogP contribution is 2.26. The van der Waals surface area contributed by atoms with Crippen LogP contribution in [-0.4, -0.2) is 36.2 Å². The Kier molecular flexibility index (Phi) is 7.49. The van der Waals surface area contributed by atoms with E-state index in [0.717, 1.165) is 11.1 Å². The van der Waals surface area contributed by atoms with E-state index in [-0.39, 0.29) is 12.5 Å². The lowest BCUT2D eigenvalue weighted by Gasteiger charge is -2.16. The zero-order chi connectivity index (χ0) is 19.8. The molecule has 0 aliphatic rings. The number of nitrogens with one attached hydrogen (secondary N) is 1. The van der Waals surface area contributed by atoms with Crippen LogP contribution in [0.2, 0.25) is 5.02 Å². The van der Waals surface area contributed by atoms with Crippen LogP contribution in [0, 0.1) is 6.92 Å². The molecule has 0 fully saturated rings. The maximum atomic E-state index is 12.2. The van der Waals surface area contributed by atoms with Crippen LogP contribution >= 0.6 is 11.6 Å². The van der Waals surface area contributed by atoms with Gasteiger partial charge in [-0.3, -0.25) is 4.79 Å². The predicted molar refractivity (Wildman–Crippen MR) is 103 cm³/mol. The SMILES string of the molecule is Cc1ccc(Cl)c(OC(C)C(=O)NCCc2ccc(OCC(=O)O)cc2)c1. The number of amides is 1. The summed E-state index contributed by atoms with van der Waals surface area (Å²) < 4.78 is 10.7. The molecule has 0 radical (unpaired) electrons. The molecule has 6 nitrogen and oxygen atoms in total. The molecule has 0 spiro atoms. The Balaban J connectivity index is 1.78. The van der Waals surface area contributed by atoms with Crippen LogP contribution in [0.1, 0.15) is 18.1 Å². The van der Waals surface area contributed by atoms with Gasteiger partial charge in [0.25, 0.3) is 5.91 Å². The Morgan fingerprint density at radius 1 is 1.19 bits per heavy atom. The fraction of sp³-hybridized carbons (Fsp3) is 0.300. The Bertz CT molecular complexity index is 791. The van der Waals surface area contributed by atoms with Gasteiger partial charge in [0.1, 0.15) is 11.5 Å². The van der Waals surface area contributed by atoms with Crippen molar-refractivity contribution in [2.75, 3.05) is 13.2 Å². The zero-order valence-corrected chi connectivity index (χ0v) is 16.0. The maximum Gasteiger partial charge on any atom is 0.341 e. The summed E-state index contributed by atoms with van der Waals surface area (Å²) in [4.78, 5) is 22.6. The van der Waals surface area contributed by atoms with E-state index in [1.165, 1.54) is 0 Å². The van der Waals surface area contributed by atoms with Gasteiger partial charge in [0.2, 0.25) is 0 Å².